The van der Waals surface area contributed by atoms with Crippen LogP contribution in [0.15, 0.2) is 47.4 Å². The molecule has 6 heteroatoms. The van der Waals surface area contributed by atoms with Gasteiger partial charge in [-0.05, 0) is 61.2 Å². The van der Waals surface area contributed by atoms with Crippen LogP contribution in [-0.4, -0.2) is 20.9 Å². The number of amides is 1. The molecule has 0 aromatic heterocycles. The molecule has 1 aliphatic rings. The van der Waals surface area contributed by atoms with E-state index in [9.17, 15) is 13.2 Å². The van der Waals surface area contributed by atoms with Gasteiger partial charge in [0.15, 0.2) is 0 Å². The van der Waals surface area contributed by atoms with E-state index in [2.05, 4.69) is 4.72 Å². The zero-order valence-corrected chi connectivity index (χ0v) is 15.3. The second-order valence-electron chi connectivity index (χ2n) is 6.31. The lowest BCUT2D eigenvalue weighted by Gasteiger charge is -2.29. The monoisotopic (exact) mass is 358 g/mol. The molecule has 0 spiro atoms. The minimum Gasteiger partial charge on any atom is -0.312 e. The van der Waals surface area contributed by atoms with Gasteiger partial charge in [-0.15, -0.1) is 0 Å². The van der Waals surface area contributed by atoms with E-state index in [0.717, 1.165) is 23.2 Å². The predicted octanol–water partition coefficient (Wildman–Crippen LogP) is 3.49. The molecule has 25 heavy (non-hydrogen) atoms. The predicted molar refractivity (Wildman–Crippen MR) is 99.4 cm³/mol. The Bertz CT molecular complexity index is 907. The maximum Gasteiger partial charge on any atom is 0.261 e. The number of anilines is 2. The molecule has 132 valence electrons. The number of hydrogen-bond acceptors (Lipinski definition) is 3. The quantitative estimate of drug-likeness (QED) is 0.890. The van der Waals surface area contributed by atoms with Gasteiger partial charge in [0.2, 0.25) is 5.91 Å². The van der Waals surface area contributed by atoms with Gasteiger partial charge < -0.3 is 4.90 Å². The number of fused-ring (bicyclic) bond motifs is 1. The van der Waals surface area contributed by atoms with Crippen molar-refractivity contribution < 1.29 is 13.2 Å². The van der Waals surface area contributed by atoms with E-state index in [1.54, 1.807) is 29.2 Å². The fraction of sp³-hybridized carbons (Fsp3) is 0.316. The van der Waals surface area contributed by atoms with Crippen LogP contribution in [0.2, 0.25) is 0 Å². The Labute approximate surface area is 148 Å². The van der Waals surface area contributed by atoms with Crippen molar-refractivity contribution in [3.8, 4) is 0 Å². The van der Waals surface area contributed by atoms with E-state index in [-0.39, 0.29) is 10.8 Å². The number of hydrogen-bond donors (Lipinski definition) is 1. The number of sulfonamides is 1. The van der Waals surface area contributed by atoms with Crippen molar-refractivity contribution in [3.63, 3.8) is 0 Å². The van der Waals surface area contributed by atoms with E-state index in [0.29, 0.717) is 25.1 Å². The van der Waals surface area contributed by atoms with Gasteiger partial charge >= 0.3 is 0 Å². The van der Waals surface area contributed by atoms with Crippen molar-refractivity contribution in [1.29, 1.82) is 0 Å². The molecular formula is C19H22N2O3S. The van der Waals surface area contributed by atoms with Crippen molar-refractivity contribution in [2.75, 3.05) is 16.2 Å². The maximum atomic E-state index is 12.6. The highest BCUT2D eigenvalue weighted by atomic mass is 32.2. The van der Waals surface area contributed by atoms with Crippen LogP contribution in [0.4, 0.5) is 11.4 Å². The molecule has 3 rings (SSSR count). The van der Waals surface area contributed by atoms with Crippen LogP contribution in [0, 0.1) is 6.92 Å². The topological polar surface area (TPSA) is 66.5 Å². The first-order valence-electron chi connectivity index (χ1n) is 8.43. The van der Waals surface area contributed by atoms with Crippen LogP contribution >= 0.6 is 0 Å². The van der Waals surface area contributed by atoms with Gasteiger partial charge in [-0.1, -0.05) is 19.1 Å². The minimum atomic E-state index is -3.63. The number of aryl methyl sites for hydroxylation is 2. The first-order valence-corrected chi connectivity index (χ1v) is 9.92. The smallest absolute Gasteiger partial charge is 0.261 e. The molecule has 1 amide bonds. The molecule has 1 N–H and O–H groups in total. The van der Waals surface area contributed by atoms with Gasteiger partial charge in [0, 0.05) is 24.3 Å². The van der Waals surface area contributed by atoms with Gasteiger partial charge in [0.1, 0.15) is 0 Å². The normalized spacial score (nSPS) is 14.3. The lowest BCUT2D eigenvalue weighted by Crippen LogP contribution is -2.35. The molecule has 5 nitrogen and oxygen atoms in total. The third-order valence-corrected chi connectivity index (χ3v) is 5.66. The Balaban J connectivity index is 1.89. The van der Waals surface area contributed by atoms with Crippen LogP contribution < -0.4 is 9.62 Å². The van der Waals surface area contributed by atoms with Gasteiger partial charge in [-0.25, -0.2) is 8.42 Å². The average Bonchev–Trinajstić information content (AvgIpc) is 2.57. The summed E-state index contributed by atoms with van der Waals surface area (Å²) in [6, 6.07) is 12.2. The molecule has 0 bridgehead atoms. The second kappa shape index (κ2) is 6.88. The van der Waals surface area contributed by atoms with Crippen molar-refractivity contribution in [2.24, 2.45) is 0 Å². The van der Waals surface area contributed by atoms with E-state index in [1.165, 1.54) is 0 Å². The van der Waals surface area contributed by atoms with Crippen molar-refractivity contribution in [1.82, 2.24) is 0 Å². The number of nitrogens with zero attached hydrogens (tertiary/aromatic N) is 1. The van der Waals surface area contributed by atoms with E-state index >= 15 is 0 Å². The van der Waals surface area contributed by atoms with Gasteiger partial charge in [-0.2, -0.15) is 0 Å². The SMILES string of the molecule is CCCN1C(=O)CCc2cc(NS(=O)(=O)c3cccc(C)c3)ccc21. The highest BCUT2D eigenvalue weighted by Gasteiger charge is 2.24. The number of rotatable bonds is 5. The summed E-state index contributed by atoms with van der Waals surface area (Å²) in [5.74, 6) is 0.127. The largest absolute Gasteiger partial charge is 0.312 e. The summed E-state index contributed by atoms with van der Waals surface area (Å²) in [6.45, 7) is 4.57. The van der Waals surface area contributed by atoms with Crippen molar-refractivity contribution >= 4 is 27.3 Å². The third kappa shape index (κ3) is 3.69. The van der Waals surface area contributed by atoms with E-state index in [4.69, 9.17) is 0 Å². The highest BCUT2D eigenvalue weighted by molar-refractivity contribution is 7.92. The van der Waals surface area contributed by atoms with Crippen LogP contribution in [0.3, 0.4) is 0 Å². The van der Waals surface area contributed by atoms with Crippen LogP contribution in [0.5, 0.6) is 0 Å². The standard InChI is InChI=1S/C19H22N2O3S/c1-3-11-21-18-9-8-16(13-15(18)7-10-19(21)22)20-25(23,24)17-6-4-5-14(2)12-17/h4-6,8-9,12-13,20H,3,7,10-11H2,1-2H3. The molecule has 0 unspecified atom stereocenters. The van der Waals surface area contributed by atoms with Crippen LogP contribution in [0.25, 0.3) is 0 Å². The summed E-state index contributed by atoms with van der Waals surface area (Å²) < 4.78 is 27.8. The lowest BCUT2D eigenvalue weighted by molar-refractivity contribution is -0.118. The Morgan fingerprint density at radius 1 is 1.12 bits per heavy atom. The number of carbonyl (C=O) groups is 1. The summed E-state index contributed by atoms with van der Waals surface area (Å²) in [5, 5.41) is 0. The van der Waals surface area contributed by atoms with Gasteiger partial charge in [0.25, 0.3) is 10.0 Å². The van der Waals surface area contributed by atoms with Gasteiger partial charge in [0.05, 0.1) is 4.90 Å². The number of benzene rings is 2. The summed E-state index contributed by atoms with van der Waals surface area (Å²) in [7, 11) is -3.63. The fourth-order valence-corrected chi connectivity index (χ4v) is 4.24. The molecule has 0 fully saturated rings. The van der Waals surface area contributed by atoms with E-state index < -0.39 is 10.0 Å². The van der Waals surface area contributed by atoms with Crippen LogP contribution in [0.1, 0.15) is 30.9 Å². The fourth-order valence-electron chi connectivity index (χ4n) is 3.09. The van der Waals surface area contributed by atoms with Crippen molar-refractivity contribution in [3.05, 3.63) is 53.6 Å². The summed E-state index contributed by atoms with van der Waals surface area (Å²) in [5.41, 5.74) is 3.29. The van der Waals surface area contributed by atoms with E-state index in [1.807, 2.05) is 32.0 Å². The zero-order chi connectivity index (χ0) is 18.0. The Morgan fingerprint density at radius 2 is 1.92 bits per heavy atom. The molecule has 1 heterocycles. The summed E-state index contributed by atoms with van der Waals surface area (Å²) >= 11 is 0. The highest BCUT2D eigenvalue weighted by Crippen LogP contribution is 2.31. The molecule has 0 saturated heterocycles. The summed E-state index contributed by atoms with van der Waals surface area (Å²) in [4.78, 5) is 14.1. The molecule has 1 aliphatic heterocycles. The summed E-state index contributed by atoms with van der Waals surface area (Å²) in [6.07, 6.45) is 1.97. The zero-order valence-electron chi connectivity index (χ0n) is 14.5. The second-order valence-corrected chi connectivity index (χ2v) is 7.99. The maximum absolute atomic E-state index is 12.6. The Hall–Kier alpha value is -2.34. The lowest BCUT2D eigenvalue weighted by atomic mass is 10.0. The number of carbonyl (C=O) groups excluding carboxylic acids is 1. The Kier molecular flexibility index (Phi) is 4.81. The molecule has 2 aromatic rings. The van der Waals surface area contributed by atoms with Crippen molar-refractivity contribution in [2.45, 2.75) is 38.0 Å². The Morgan fingerprint density at radius 3 is 2.64 bits per heavy atom. The molecular weight excluding hydrogens is 336 g/mol. The first-order chi connectivity index (χ1) is 11.9. The molecule has 0 radical (unpaired) electrons. The molecule has 0 saturated carbocycles. The molecule has 0 atom stereocenters. The first kappa shape index (κ1) is 17.5. The minimum absolute atomic E-state index is 0.127. The average molecular weight is 358 g/mol. The van der Waals surface area contributed by atoms with Crippen LogP contribution in [-0.2, 0) is 21.2 Å². The third-order valence-electron chi connectivity index (χ3n) is 4.28. The van der Waals surface area contributed by atoms with Gasteiger partial charge in [-0.3, -0.25) is 9.52 Å². The molecule has 2 aromatic carbocycles. The number of nitrogens with one attached hydrogen (secondary N) is 1. The molecule has 0 aliphatic carbocycles.